The summed E-state index contributed by atoms with van der Waals surface area (Å²) in [7, 11) is 1.97. The van der Waals surface area contributed by atoms with Crippen LogP contribution in [-0.2, 0) is 11.2 Å². The molecule has 0 saturated carbocycles. The fourth-order valence-electron chi connectivity index (χ4n) is 1.77. The van der Waals surface area contributed by atoms with E-state index >= 15 is 0 Å². The molecule has 1 aromatic rings. The number of aromatic nitrogens is 1. The Hall–Kier alpha value is -0.450. The molecule has 1 aliphatic heterocycles. The summed E-state index contributed by atoms with van der Waals surface area (Å²) in [5, 5.41) is 6.46. The van der Waals surface area contributed by atoms with Gasteiger partial charge in [0.2, 0.25) is 0 Å². The molecule has 15 heavy (non-hydrogen) atoms. The van der Waals surface area contributed by atoms with Gasteiger partial charge in [-0.1, -0.05) is 0 Å². The third kappa shape index (κ3) is 3.00. The molecule has 0 radical (unpaired) electrons. The van der Waals surface area contributed by atoms with Gasteiger partial charge < -0.3 is 10.1 Å². The molecule has 0 aliphatic carbocycles. The van der Waals surface area contributed by atoms with Crippen LogP contribution in [0.15, 0.2) is 5.38 Å². The van der Waals surface area contributed by atoms with E-state index in [1.807, 2.05) is 7.05 Å². The minimum atomic E-state index is 0.270. The van der Waals surface area contributed by atoms with Crippen molar-refractivity contribution in [2.45, 2.75) is 31.8 Å². The number of rotatable bonds is 4. The molecule has 0 amide bonds. The standard InChI is InChI=1S/C11H18N2OS/c1-12-6-5-9-8-15-11(13-9)10-4-2-3-7-14-10/h8,10,12H,2-7H2,1H3. The van der Waals surface area contributed by atoms with Crippen LogP contribution in [0, 0.1) is 0 Å². The molecule has 1 aliphatic rings. The Labute approximate surface area is 94.9 Å². The zero-order valence-corrected chi connectivity index (χ0v) is 9.98. The van der Waals surface area contributed by atoms with Crippen LogP contribution >= 0.6 is 11.3 Å². The first-order chi connectivity index (χ1) is 7.40. The Bertz CT molecular complexity index is 295. The van der Waals surface area contributed by atoms with Crippen molar-refractivity contribution in [3.8, 4) is 0 Å². The Morgan fingerprint density at radius 2 is 2.53 bits per heavy atom. The summed E-state index contributed by atoms with van der Waals surface area (Å²) in [6, 6.07) is 0. The molecular formula is C11H18N2OS. The number of nitrogens with zero attached hydrogens (tertiary/aromatic N) is 1. The van der Waals surface area contributed by atoms with Gasteiger partial charge in [-0.15, -0.1) is 11.3 Å². The molecule has 1 fully saturated rings. The van der Waals surface area contributed by atoms with E-state index in [4.69, 9.17) is 4.74 Å². The van der Waals surface area contributed by atoms with Crippen LogP contribution in [-0.4, -0.2) is 25.2 Å². The fraction of sp³-hybridized carbons (Fsp3) is 0.727. The van der Waals surface area contributed by atoms with Crippen LogP contribution in [0.3, 0.4) is 0 Å². The van der Waals surface area contributed by atoms with E-state index in [-0.39, 0.29) is 6.10 Å². The Balaban J connectivity index is 1.93. The third-order valence-corrected chi connectivity index (χ3v) is 3.64. The molecule has 1 N–H and O–H groups in total. The number of ether oxygens (including phenoxy) is 1. The van der Waals surface area contributed by atoms with E-state index < -0.39 is 0 Å². The maximum atomic E-state index is 5.71. The monoisotopic (exact) mass is 226 g/mol. The first-order valence-electron chi connectivity index (χ1n) is 5.60. The zero-order valence-electron chi connectivity index (χ0n) is 9.16. The lowest BCUT2D eigenvalue weighted by atomic mass is 10.1. The van der Waals surface area contributed by atoms with E-state index in [9.17, 15) is 0 Å². The summed E-state index contributed by atoms with van der Waals surface area (Å²) in [5.41, 5.74) is 1.19. The molecule has 1 aromatic heterocycles. The highest BCUT2D eigenvalue weighted by Gasteiger charge is 2.18. The van der Waals surface area contributed by atoms with Crippen molar-refractivity contribution in [3.05, 3.63) is 16.1 Å². The molecular weight excluding hydrogens is 208 g/mol. The molecule has 1 saturated heterocycles. The van der Waals surface area contributed by atoms with Gasteiger partial charge in [-0.2, -0.15) is 0 Å². The predicted molar refractivity (Wildman–Crippen MR) is 62.3 cm³/mol. The minimum Gasteiger partial charge on any atom is -0.371 e. The van der Waals surface area contributed by atoms with Gasteiger partial charge in [0, 0.05) is 25.0 Å². The van der Waals surface area contributed by atoms with Gasteiger partial charge in [0.25, 0.3) is 0 Å². The van der Waals surface area contributed by atoms with Crippen molar-refractivity contribution < 1.29 is 4.74 Å². The van der Waals surface area contributed by atoms with Gasteiger partial charge in [-0.05, 0) is 26.3 Å². The Morgan fingerprint density at radius 3 is 3.27 bits per heavy atom. The summed E-state index contributed by atoms with van der Waals surface area (Å²) in [6.07, 6.45) is 4.90. The maximum absolute atomic E-state index is 5.71. The largest absolute Gasteiger partial charge is 0.371 e. The van der Waals surface area contributed by atoms with Crippen LogP contribution in [0.5, 0.6) is 0 Å². The molecule has 3 nitrogen and oxygen atoms in total. The molecule has 1 atom stereocenters. The highest BCUT2D eigenvalue weighted by atomic mass is 32.1. The second kappa shape index (κ2) is 5.58. The van der Waals surface area contributed by atoms with E-state index in [2.05, 4.69) is 15.7 Å². The van der Waals surface area contributed by atoms with Crippen LogP contribution < -0.4 is 5.32 Å². The first-order valence-corrected chi connectivity index (χ1v) is 6.48. The number of hydrogen-bond acceptors (Lipinski definition) is 4. The number of hydrogen-bond donors (Lipinski definition) is 1. The van der Waals surface area contributed by atoms with Crippen LogP contribution in [0.25, 0.3) is 0 Å². The Kier molecular flexibility index (Phi) is 4.11. The molecule has 0 aromatic carbocycles. The summed E-state index contributed by atoms with van der Waals surface area (Å²) in [4.78, 5) is 4.62. The van der Waals surface area contributed by atoms with Crippen molar-refractivity contribution in [1.82, 2.24) is 10.3 Å². The van der Waals surface area contributed by atoms with Crippen LogP contribution in [0.4, 0.5) is 0 Å². The Morgan fingerprint density at radius 1 is 1.60 bits per heavy atom. The second-order valence-electron chi connectivity index (χ2n) is 3.89. The zero-order chi connectivity index (χ0) is 10.5. The number of nitrogens with one attached hydrogen (secondary N) is 1. The van der Waals surface area contributed by atoms with Gasteiger partial charge >= 0.3 is 0 Å². The van der Waals surface area contributed by atoms with E-state index in [1.165, 1.54) is 23.5 Å². The summed E-state index contributed by atoms with van der Waals surface area (Å²) >= 11 is 1.74. The minimum absolute atomic E-state index is 0.270. The predicted octanol–water partition coefficient (Wildman–Crippen LogP) is 2.15. The van der Waals surface area contributed by atoms with E-state index in [0.717, 1.165) is 26.0 Å². The quantitative estimate of drug-likeness (QED) is 0.854. The second-order valence-corrected chi connectivity index (χ2v) is 4.78. The maximum Gasteiger partial charge on any atom is 0.122 e. The van der Waals surface area contributed by atoms with Crippen LogP contribution in [0.1, 0.15) is 36.1 Å². The normalized spacial score (nSPS) is 21.8. The first kappa shape index (κ1) is 11.0. The van der Waals surface area contributed by atoms with E-state index in [1.54, 1.807) is 11.3 Å². The lowest BCUT2D eigenvalue weighted by Gasteiger charge is -2.20. The topological polar surface area (TPSA) is 34.1 Å². The molecule has 2 rings (SSSR count). The molecule has 0 spiro atoms. The van der Waals surface area contributed by atoms with Crippen molar-refractivity contribution >= 4 is 11.3 Å². The molecule has 0 bridgehead atoms. The van der Waals surface area contributed by atoms with Crippen molar-refractivity contribution in [2.75, 3.05) is 20.2 Å². The number of likely N-dealkylation sites (N-methyl/N-ethyl adjacent to an activating group) is 1. The average molecular weight is 226 g/mol. The lowest BCUT2D eigenvalue weighted by molar-refractivity contribution is 0.0147. The van der Waals surface area contributed by atoms with Crippen molar-refractivity contribution in [1.29, 1.82) is 0 Å². The number of thiazole rings is 1. The summed E-state index contributed by atoms with van der Waals surface area (Å²) in [6.45, 7) is 1.89. The summed E-state index contributed by atoms with van der Waals surface area (Å²) < 4.78 is 5.71. The van der Waals surface area contributed by atoms with E-state index in [0.29, 0.717) is 0 Å². The van der Waals surface area contributed by atoms with Gasteiger partial charge in [0.05, 0.1) is 5.69 Å². The average Bonchev–Trinajstić information content (AvgIpc) is 2.76. The van der Waals surface area contributed by atoms with Crippen molar-refractivity contribution in [2.24, 2.45) is 0 Å². The highest BCUT2D eigenvalue weighted by molar-refractivity contribution is 7.09. The van der Waals surface area contributed by atoms with Gasteiger partial charge in [0.15, 0.2) is 0 Å². The van der Waals surface area contributed by atoms with Gasteiger partial charge in [-0.3, -0.25) is 0 Å². The highest BCUT2D eigenvalue weighted by Crippen LogP contribution is 2.29. The molecule has 1 unspecified atom stereocenters. The molecule has 2 heterocycles. The summed E-state index contributed by atoms with van der Waals surface area (Å²) in [5.74, 6) is 0. The molecule has 84 valence electrons. The van der Waals surface area contributed by atoms with Crippen LogP contribution in [0.2, 0.25) is 0 Å². The van der Waals surface area contributed by atoms with Gasteiger partial charge in [-0.25, -0.2) is 4.98 Å². The van der Waals surface area contributed by atoms with Gasteiger partial charge in [0.1, 0.15) is 11.1 Å². The smallest absolute Gasteiger partial charge is 0.122 e. The molecule has 4 heteroatoms. The third-order valence-electron chi connectivity index (χ3n) is 2.66. The fourth-order valence-corrected chi connectivity index (χ4v) is 2.71. The SMILES string of the molecule is CNCCc1csc(C2CCCCO2)n1. The lowest BCUT2D eigenvalue weighted by Crippen LogP contribution is -2.12. The van der Waals surface area contributed by atoms with Crippen molar-refractivity contribution in [3.63, 3.8) is 0 Å².